The number of carbonyl (C=O) groups excluding carboxylic acids is 1. The molecular formula is C17H17N3O7. The topological polar surface area (TPSA) is 134 Å². The van der Waals surface area contributed by atoms with Crippen molar-refractivity contribution in [2.45, 2.75) is 13.5 Å². The Morgan fingerprint density at radius 2 is 1.70 bits per heavy atom. The number of nitrogens with one attached hydrogen (secondary N) is 1. The molecule has 2 aromatic carbocycles. The lowest BCUT2D eigenvalue weighted by molar-refractivity contribution is -0.394. The van der Waals surface area contributed by atoms with Gasteiger partial charge in [-0.2, -0.15) is 0 Å². The minimum atomic E-state index is -0.780. The lowest BCUT2D eigenvalue weighted by Crippen LogP contribution is -2.24. The van der Waals surface area contributed by atoms with Gasteiger partial charge in [0.1, 0.15) is 0 Å². The van der Waals surface area contributed by atoms with Gasteiger partial charge in [0.2, 0.25) is 0 Å². The Labute approximate surface area is 154 Å². The van der Waals surface area contributed by atoms with Crippen LogP contribution in [0.15, 0.2) is 30.3 Å². The fraction of sp³-hybridized carbons (Fsp3) is 0.235. The summed E-state index contributed by atoms with van der Waals surface area (Å²) in [5.41, 5.74) is -0.394. The van der Waals surface area contributed by atoms with E-state index in [9.17, 15) is 25.0 Å². The van der Waals surface area contributed by atoms with Gasteiger partial charge in [-0.1, -0.05) is 6.07 Å². The Bertz CT molecular complexity index is 912. The van der Waals surface area contributed by atoms with Gasteiger partial charge in [0, 0.05) is 18.2 Å². The van der Waals surface area contributed by atoms with Gasteiger partial charge >= 0.3 is 0 Å². The normalized spacial score (nSPS) is 10.2. The Hall–Kier alpha value is -3.69. The summed E-state index contributed by atoms with van der Waals surface area (Å²) in [6, 6.07) is 6.91. The van der Waals surface area contributed by atoms with Crippen molar-refractivity contribution in [2.24, 2.45) is 0 Å². The van der Waals surface area contributed by atoms with Crippen LogP contribution in [-0.4, -0.2) is 30.0 Å². The summed E-state index contributed by atoms with van der Waals surface area (Å²) in [7, 11) is 2.98. The first-order valence-electron chi connectivity index (χ1n) is 7.71. The van der Waals surface area contributed by atoms with Crippen LogP contribution in [0.5, 0.6) is 11.5 Å². The number of rotatable bonds is 7. The summed E-state index contributed by atoms with van der Waals surface area (Å²) in [4.78, 5) is 33.0. The average Bonchev–Trinajstić information content (AvgIpc) is 2.65. The highest BCUT2D eigenvalue weighted by molar-refractivity contribution is 5.97. The summed E-state index contributed by atoms with van der Waals surface area (Å²) in [6.07, 6.45) is 0. The molecule has 0 unspecified atom stereocenters. The molecule has 142 valence electrons. The van der Waals surface area contributed by atoms with Crippen LogP contribution >= 0.6 is 0 Å². The second kappa shape index (κ2) is 8.13. The Morgan fingerprint density at radius 1 is 1.04 bits per heavy atom. The van der Waals surface area contributed by atoms with Gasteiger partial charge < -0.3 is 14.8 Å². The van der Waals surface area contributed by atoms with Crippen molar-refractivity contribution >= 4 is 17.3 Å². The van der Waals surface area contributed by atoms with Crippen LogP contribution < -0.4 is 14.8 Å². The minimum absolute atomic E-state index is 0.0513. The molecule has 0 aliphatic carbocycles. The van der Waals surface area contributed by atoms with Crippen molar-refractivity contribution in [3.8, 4) is 11.5 Å². The van der Waals surface area contributed by atoms with Crippen LogP contribution in [0.1, 0.15) is 21.5 Å². The largest absolute Gasteiger partial charge is 0.493 e. The van der Waals surface area contributed by atoms with Crippen LogP contribution in [0, 0.1) is 27.2 Å². The average molecular weight is 375 g/mol. The second-order valence-corrected chi connectivity index (χ2v) is 5.52. The van der Waals surface area contributed by atoms with Crippen LogP contribution in [0.2, 0.25) is 0 Å². The van der Waals surface area contributed by atoms with E-state index in [4.69, 9.17) is 9.47 Å². The molecule has 0 saturated carbocycles. The highest BCUT2D eigenvalue weighted by Gasteiger charge is 2.24. The van der Waals surface area contributed by atoms with E-state index < -0.39 is 27.1 Å². The van der Waals surface area contributed by atoms with Crippen LogP contribution in [0.4, 0.5) is 11.4 Å². The third-order valence-electron chi connectivity index (χ3n) is 3.92. The maximum atomic E-state index is 12.5. The highest BCUT2D eigenvalue weighted by Crippen LogP contribution is 2.29. The number of hydrogen-bond donors (Lipinski definition) is 1. The molecule has 0 bridgehead atoms. The van der Waals surface area contributed by atoms with Gasteiger partial charge in [0.25, 0.3) is 17.3 Å². The summed E-state index contributed by atoms with van der Waals surface area (Å²) in [6.45, 7) is 1.46. The fourth-order valence-electron chi connectivity index (χ4n) is 2.48. The van der Waals surface area contributed by atoms with E-state index in [-0.39, 0.29) is 17.7 Å². The van der Waals surface area contributed by atoms with Crippen molar-refractivity contribution in [1.29, 1.82) is 0 Å². The number of amides is 1. The molecule has 0 atom stereocenters. The third kappa shape index (κ3) is 4.29. The number of methoxy groups -OCH3 is 2. The lowest BCUT2D eigenvalue weighted by Gasteiger charge is -2.11. The Balaban J connectivity index is 2.28. The SMILES string of the molecule is COc1ccc(CNC(=O)c2cc([N+](=O)[O-])cc([N+](=O)[O-])c2C)cc1OC. The fourth-order valence-corrected chi connectivity index (χ4v) is 2.48. The maximum Gasteiger partial charge on any atom is 0.279 e. The molecule has 0 saturated heterocycles. The van der Waals surface area contributed by atoms with Crippen LogP contribution in [-0.2, 0) is 6.54 Å². The Kier molecular flexibility index (Phi) is 5.91. The molecule has 0 heterocycles. The molecule has 0 fully saturated rings. The van der Waals surface area contributed by atoms with Crippen molar-refractivity contribution < 1.29 is 24.1 Å². The van der Waals surface area contributed by atoms with Gasteiger partial charge in [-0.3, -0.25) is 25.0 Å². The number of benzene rings is 2. The molecule has 2 rings (SSSR count). The molecule has 2 aromatic rings. The lowest BCUT2D eigenvalue weighted by atomic mass is 10.0. The molecule has 1 amide bonds. The van der Waals surface area contributed by atoms with Crippen molar-refractivity contribution in [3.05, 3.63) is 67.3 Å². The first-order chi connectivity index (χ1) is 12.8. The Morgan fingerprint density at radius 3 is 2.26 bits per heavy atom. The van der Waals surface area contributed by atoms with E-state index in [0.717, 1.165) is 12.1 Å². The van der Waals surface area contributed by atoms with Crippen LogP contribution in [0.25, 0.3) is 0 Å². The molecular weight excluding hydrogens is 358 g/mol. The number of non-ortho nitro benzene ring substituents is 1. The van der Waals surface area contributed by atoms with Gasteiger partial charge in [-0.05, 0) is 24.6 Å². The number of nitro benzene ring substituents is 2. The first-order valence-corrected chi connectivity index (χ1v) is 7.71. The zero-order valence-corrected chi connectivity index (χ0v) is 14.8. The zero-order valence-electron chi connectivity index (χ0n) is 14.8. The number of carbonyl (C=O) groups is 1. The minimum Gasteiger partial charge on any atom is -0.493 e. The molecule has 0 aliphatic rings. The molecule has 10 nitrogen and oxygen atoms in total. The number of hydrogen-bond acceptors (Lipinski definition) is 7. The second-order valence-electron chi connectivity index (χ2n) is 5.52. The molecule has 0 radical (unpaired) electrons. The summed E-state index contributed by atoms with van der Waals surface area (Å²) in [5, 5.41) is 24.7. The van der Waals surface area contributed by atoms with Gasteiger partial charge in [0.05, 0.1) is 35.7 Å². The monoisotopic (exact) mass is 375 g/mol. The van der Waals surface area contributed by atoms with E-state index >= 15 is 0 Å². The molecule has 27 heavy (non-hydrogen) atoms. The maximum absolute atomic E-state index is 12.5. The number of ether oxygens (including phenoxy) is 2. The quantitative estimate of drug-likeness (QED) is 0.581. The third-order valence-corrected chi connectivity index (χ3v) is 3.92. The van der Waals surface area contributed by atoms with E-state index in [0.29, 0.717) is 17.1 Å². The zero-order chi connectivity index (χ0) is 20.1. The smallest absolute Gasteiger partial charge is 0.279 e. The van der Waals surface area contributed by atoms with Gasteiger partial charge in [0.15, 0.2) is 11.5 Å². The van der Waals surface area contributed by atoms with E-state index in [1.165, 1.54) is 21.1 Å². The summed E-state index contributed by atoms with van der Waals surface area (Å²) < 4.78 is 10.3. The van der Waals surface area contributed by atoms with E-state index in [1.54, 1.807) is 18.2 Å². The molecule has 0 aliphatic heterocycles. The summed E-state index contributed by atoms with van der Waals surface area (Å²) in [5.74, 6) is 0.346. The molecule has 0 aromatic heterocycles. The standard InChI is InChI=1S/C17H17N3O7/c1-10-13(7-12(19(22)23)8-14(10)20(24)25)17(21)18-9-11-4-5-15(26-2)16(6-11)27-3/h4-8H,9H2,1-3H3,(H,18,21). The van der Waals surface area contributed by atoms with Crippen molar-refractivity contribution in [1.82, 2.24) is 5.32 Å². The van der Waals surface area contributed by atoms with E-state index in [2.05, 4.69) is 5.32 Å². The van der Waals surface area contributed by atoms with Gasteiger partial charge in [-0.25, -0.2) is 0 Å². The van der Waals surface area contributed by atoms with E-state index in [1.807, 2.05) is 0 Å². The highest BCUT2D eigenvalue weighted by atomic mass is 16.6. The van der Waals surface area contributed by atoms with Gasteiger partial charge in [-0.15, -0.1) is 0 Å². The molecule has 1 N–H and O–H groups in total. The summed E-state index contributed by atoms with van der Waals surface area (Å²) >= 11 is 0. The molecule has 10 heteroatoms. The van der Waals surface area contributed by atoms with Crippen LogP contribution in [0.3, 0.4) is 0 Å². The molecule has 0 spiro atoms. The van der Waals surface area contributed by atoms with Crippen molar-refractivity contribution in [2.75, 3.05) is 14.2 Å². The predicted octanol–water partition coefficient (Wildman–Crippen LogP) is 2.76. The predicted molar refractivity (Wildman–Crippen MR) is 95.2 cm³/mol. The number of nitrogens with zero attached hydrogens (tertiary/aromatic N) is 2. The number of nitro groups is 2. The first kappa shape index (κ1) is 19.6. The van der Waals surface area contributed by atoms with Crippen molar-refractivity contribution in [3.63, 3.8) is 0 Å².